The van der Waals surface area contributed by atoms with E-state index in [1.807, 2.05) is 0 Å². The maximum absolute atomic E-state index is 11.9. The maximum atomic E-state index is 11.9. The van der Waals surface area contributed by atoms with Gasteiger partial charge in [-0.3, -0.25) is 9.59 Å². The summed E-state index contributed by atoms with van der Waals surface area (Å²) < 4.78 is 21.5. The highest BCUT2D eigenvalue weighted by molar-refractivity contribution is 6.25. The van der Waals surface area contributed by atoms with Crippen LogP contribution in [0.1, 0.15) is 31.7 Å². The molecule has 1 aromatic carbocycles. The predicted molar refractivity (Wildman–Crippen MR) is 50.5 cm³/mol. The number of Topliss-reactive ketones (excluding diaryl/α,β-unsaturated/α-hetero) is 1. The Morgan fingerprint density at radius 3 is 2.86 bits per heavy atom. The minimum atomic E-state index is -2.63. The van der Waals surface area contributed by atoms with Gasteiger partial charge >= 0.3 is 0 Å². The predicted octanol–water partition coefficient (Wildman–Crippen LogP) is 1.72. The van der Waals surface area contributed by atoms with E-state index in [0.29, 0.717) is 0 Å². The van der Waals surface area contributed by atoms with Crippen LogP contribution in [0.4, 0.5) is 0 Å². The number of phenols is 1. The number of benzene rings is 1. The van der Waals surface area contributed by atoms with Crippen LogP contribution in [-0.2, 0) is 0 Å². The SMILES string of the molecule is [2H]C([2H])([2H])C1=CC(=O)c2c(O)cccc2C1=O. The second-order valence-corrected chi connectivity index (χ2v) is 2.95. The van der Waals surface area contributed by atoms with E-state index in [2.05, 4.69) is 0 Å². The molecule has 2 rings (SSSR count). The van der Waals surface area contributed by atoms with Crippen molar-refractivity contribution in [3.05, 3.63) is 41.0 Å². The van der Waals surface area contributed by atoms with Gasteiger partial charge in [0.05, 0.1) is 5.56 Å². The summed E-state index contributed by atoms with van der Waals surface area (Å²) in [7, 11) is 0. The Labute approximate surface area is 84.9 Å². The van der Waals surface area contributed by atoms with E-state index in [0.717, 1.165) is 6.08 Å². The summed E-state index contributed by atoms with van der Waals surface area (Å²) in [5.41, 5.74) is -0.713. The number of ketones is 2. The van der Waals surface area contributed by atoms with E-state index >= 15 is 0 Å². The zero-order valence-electron chi connectivity index (χ0n) is 10.1. The summed E-state index contributed by atoms with van der Waals surface area (Å²) in [6.07, 6.45) is 0.775. The average molecular weight is 191 g/mol. The van der Waals surface area contributed by atoms with E-state index in [9.17, 15) is 14.7 Å². The number of hydrogen-bond acceptors (Lipinski definition) is 3. The van der Waals surface area contributed by atoms with E-state index in [-0.39, 0.29) is 16.9 Å². The van der Waals surface area contributed by atoms with Gasteiger partial charge in [0.2, 0.25) is 0 Å². The van der Waals surface area contributed by atoms with Crippen LogP contribution in [0.3, 0.4) is 0 Å². The van der Waals surface area contributed by atoms with Crippen LogP contribution >= 0.6 is 0 Å². The van der Waals surface area contributed by atoms with Crippen LogP contribution in [0.5, 0.6) is 5.75 Å². The number of phenolic OH excluding ortho intramolecular Hbond substituents is 1. The first-order valence-corrected chi connectivity index (χ1v) is 3.95. The zero-order chi connectivity index (χ0) is 12.8. The van der Waals surface area contributed by atoms with Crippen LogP contribution in [0, 0.1) is 0 Å². The lowest BCUT2D eigenvalue weighted by Gasteiger charge is -2.12. The van der Waals surface area contributed by atoms with E-state index in [1.165, 1.54) is 18.2 Å². The van der Waals surface area contributed by atoms with Crippen LogP contribution in [0.2, 0.25) is 0 Å². The van der Waals surface area contributed by atoms with Gasteiger partial charge in [0.1, 0.15) is 5.75 Å². The quantitative estimate of drug-likeness (QED) is 0.679. The summed E-state index contributed by atoms with van der Waals surface area (Å²) in [6.45, 7) is -2.63. The summed E-state index contributed by atoms with van der Waals surface area (Å²) in [5, 5.41) is 9.49. The molecule has 0 aliphatic heterocycles. The van der Waals surface area contributed by atoms with E-state index in [1.54, 1.807) is 0 Å². The van der Waals surface area contributed by atoms with Gasteiger partial charge in [-0.15, -0.1) is 0 Å². The summed E-state index contributed by atoms with van der Waals surface area (Å²) in [4.78, 5) is 23.5. The molecule has 0 bridgehead atoms. The minimum absolute atomic E-state index is 0.0661. The van der Waals surface area contributed by atoms with E-state index < -0.39 is 24.0 Å². The van der Waals surface area contributed by atoms with Gasteiger partial charge in [-0.25, -0.2) is 0 Å². The third-order valence-corrected chi connectivity index (χ3v) is 2.05. The number of aromatic hydroxyl groups is 1. The molecule has 70 valence electrons. The number of fused-ring (bicyclic) bond motifs is 1. The fourth-order valence-electron chi connectivity index (χ4n) is 1.40. The topological polar surface area (TPSA) is 54.4 Å². The lowest BCUT2D eigenvalue weighted by Crippen LogP contribution is -2.15. The van der Waals surface area contributed by atoms with Crippen molar-refractivity contribution in [1.29, 1.82) is 0 Å². The van der Waals surface area contributed by atoms with Crippen molar-refractivity contribution in [3.8, 4) is 5.75 Å². The van der Waals surface area contributed by atoms with Crippen LogP contribution in [0.15, 0.2) is 29.8 Å². The third-order valence-electron chi connectivity index (χ3n) is 2.05. The maximum Gasteiger partial charge on any atom is 0.190 e. The molecule has 1 aliphatic carbocycles. The van der Waals surface area contributed by atoms with Crippen LogP contribution < -0.4 is 0 Å². The van der Waals surface area contributed by atoms with Crippen molar-refractivity contribution >= 4 is 11.6 Å². The smallest absolute Gasteiger partial charge is 0.190 e. The molecule has 0 heterocycles. The van der Waals surface area contributed by atoms with E-state index in [4.69, 9.17) is 4.11 Å². The molecule has 0 spiro atoms. The summed E-state index contributed by atoms with van der Waals surface area (Å²) in [5.74, 6) is -1.72. The molecule has 0 amide bonds. The minimum Gasteiger partial charge on any atom is -0.507 e. The second kappa shape index (κ2) is 2.80. The van der Waals surface area contributed by atoms with Crippen LogP contribution in [-0.4, -0.2) is 16.7 Å². The molecule has 1 aliphatic rings. The Morgan fingerprint density at radius 2 is 2.14 bits per heavy atom. The number of hydrogen-bond donors (Lipinski definition) is 1. The molecular weight excluding hydrogens is 180 g/mol. The molecule has 0 fully saturated rings. The Bertz CT molecular complexity index is 556. The zero-order valence-corrected chi connectivity index (χ0v) is 7.07. The standard InChI is InChI=1S/C11H8O3/c1-6-5-9(13)10-7(11(6)14)3-2-4-8(10)12/h2-5,12H,1H3/i1D3. The fourth-order valence-corrected chi connectivity index (χ4v) is 1.40. The molecular formula is C11H8O3. The number of allylic oxidation sites excluding steroid dienone is 2. The molecule has 0 aromatic heterocycles. The number of carbonyl (C=O) groups excluding carboxylic acids is 2. The first kappa shape index (κ1) is 5.75. The van der Waals surface area contributed by atoms with Crippen molar-refractivity contribution < 1.29 is 18.8 Å². The molecule has 3 nitrogen and oxygen atoms in total. The van der Waals surface area contributed by atoms with Crippen molar-refractivity contribution in [2.24, 2.45) is 0 Å². The molecule has 0 radical (unpaired) electrons. The normalized spacial score (nSPS) is 19.1. The summed E-state index contributed by atoms with van der Waals surface area (Å²) in [6, 6.07) is 3.99. The van der Waals surface area contributed by atoms with Gasteiger partial charge in [-0.2, -0.15) is 0 Å². The number of rotatable bonds is 0. The lowest BCUT2D eigenvalue weighted by molar-refractivity contribution is 0.0982. The Morgan fingerprint density at radius 1 is 1.36 bits per heavy atom. The Kier molecular flexibility index (Phi) is 1.15. The molecule has 3 heteroatoms. The molecule has 1 aromatic rings. The van der Waals surface area contributed by atoms with Crippen molar-refractivity contribution in [1.82, 2.24) is 0 Å². The van der Waals surface area contributed by atoms with Crippen LogP contribution in [0.25, 0.3) is 0 Å². The van der Waals surface area contributed by atoms with Crippen molar-refractivity contribution in [3.63, 3.8) is 0 Å². The molecule has 1 N–H and O–H groups in total. The molecule has 0 saturated heterocycles. The highest BCUT2D eigenvalue weighted by atomic mass is 16.3. The lowest BCUT2D eigenvalue weighted by atomic mass is 9.90. The monoisotopic (exact) mass is 191 g/mol. The van der Waals surface area contributed by atoms with Gasteiger partial charge in [-0.1, -0.05) is 12.1 Å². The molecule has 0 saturated carbocycles. The first-order chi connectivity index (χ1) is 7.82. The molecule has 14 heavy (non-hydrogen) atoms. The van der Waals surface area contributed by atoms with Crippen molar-refractivity contribution in [2.75, 3.05) is 0 Å². The fraction of sp³-hybridized carbons (Fsp3) is 0.0909. The largest absolute Gasteiger partial charge is 0.507 e. The van der Waals surface area contributed by atoms with Gasteiger partial charge in [0.15, 0.2) is 11.6 Å². The third kappa shape index (κ3) is 1.06. The first-order valence-electron chi connectivity index (χ1n) is 5.45. The second-order valence-electron chi connectivity index (χ2n) is 2.95. The van der Waals surface area contributed by atoms with Gasteiger partial charge in [0, 0.05) is 15.2 Å². The van der Waals surface area contributed by atoms with Crippen molar-refractivity contribution in [2.45, 2.75) is 6.85 Å². The number of carbonyl (C=O) groups is 2. The average Bonchev–Trinajstić information content (AvgIpc) is 2.21. The summed E-state index contributed by atoms with van der Waals surface area (Å²) >= 11 is 0. The Hall–Kier alpha value is -1.90. The highest BCUT2D eigenvalue weighted by Gasteiger charge is 2.25. The van der Waals surface area contributed by atoms with Gasteiger partial charge in [-0.05, 0) is 19.0 Å². The highest BCUT2D eigenvalue weighted by Crippen LogP contribution is 2.27. The van der Waals surface area contributed by atoms with Gasteiger partial charge in [0.25, 0.3) is 0 Å². The molecule has 0 unspecified atom stereocenters. The molecule has 0 atom stereocenters. The van der Waals surface area contributed by atoms with Gasteiger partial charge < -0.3 is 5.11 Å². The Balaban J connectivity index is 2.66.